The van der Waals surface area contributed by atoms with Gasteiger partial charge in [0.25, 0.3) is 0 Å². The van der Waals surface area contributed by atoms with E-state index in [1.165, 1.54) is 0 Å². The van der Waals surface area contributed by atoms with Crippen molar-refractivity contribution in [1.29, 1.82) is 0 Å². The fourth-order valence-electron chi connectivity index (χ4n) is 2.13. The summed E-state index contributed by atoms with van der Waals surface area (Å²) in [5.74, 6) is 1.04. The molecule has 0 bridgehead atoms. The molecule has 7 heteroatoms. The van der Waals surface area contributed by atoms with E-state index in [0.717, 1.165) is 11.0 Å². The maximum absolute atomic E-state index is 12.8. The minimum atomic E-state index is -4.31. The Balaban J connectivity index is 2.51. The SMILES string of the molecule is CCCOc1cccc2c1nc(CCCl)n2CC(F)(F)F. The lowest BCUT2D eigenvalue weighted by molar-refractivity contribution is -0.140. The van der Waals surface area contributed by atoms with Gasteiger partial charge in [0.15, 0.2) is 0 Å². The Kier molecular flexibility index (Phi) is 4.98. The number of hydrogen-bond donors (Lipinski definition) is 0. The maximum atomic E-state index is 12.8. The molecule has 0 atom stereocenters. The van der Waals surface area contributed by atoms with Gasteiger partial charge in [-0.3, -0.25) is 0 Å². The highest BCUT2D eigenvalue weighted by molar-refractivity contribution is 6.17. The molecule has 0 fully saturated rings. The van der Waals surface area contributed by atoms with Gasteiger partial charge in [-0.05, 0) is 18.6 Å². The molecule has 2 rings (SSSR count). The zero-order chi connectivity index (χ0) is 15.5. The molecule has 3 nitrogen and oxygen atoms in total. The molecular formula is C14H16ClF3N2O. The molecule has 0 aliphatic rings. The van der Waals surface area contributed by atoms with Gasteiger partial charge >= 0.3 is 6.18 Å². The van der Waals surface area contributed by atoms with Gasteiger partial charge in [-0.2, -0.15) is 13.2 Å². The van der Waals surface area contributed by atoms with Crippen LogP contribution in [0.5, 0.6) is 5.75 Å². The minimum absolute atomic E-state index is 0.215. The number of fused-ring (bicyclic) bond motifs is 1. The molecule has 0 saturated heterocycles. The summed E-state index contributed by atoms with van der Waals surface area (Å²) in [4.78, 5) is 4.29. The number of benzene rings is 1. The summed E-state index contributed by atoms with van der Waals surface area (Å²) in [7, 11) is 0. The second-order valence-electron chi connectivity index (χ2n) is 4.64. The van der Waals surface area contributed by atoms with Crippen LogP contribution in [-0.4, -0.2) is 28.2 Å². The van der Waals surface area contributed by atoms with Gasteiger partial charge in [-0.25, -0.2) is 4.98 Å². The van der Waals surface area contributed by atoms with Crippen molar-refractivity contribution < 1.29 is 17.9 Å². The van der Waals surface area contributed by atoms with E-state index in [1.54, 1.807) is 18.2 Å². The molecule has 0 saturated carbocycles. The lowest BCUT2D eigenvalue weighted by Crippen LogP contribution is -2.19. The van der Waals surface area contributed by atoms with Crippen LogP contribution in [0.3, 0.4) is 0 Å². The van der Waals surface area contributed by atoms with Gasteiger partial charge < -0.3 is 9.30 Å². The van der Waals surface area contributed by atoms with Gasteiger partial charge in [0, 0.05) is 12.3 Å². The molecule has 0 unspecified atom stereocenters. The molecule has 2 aromatic rings. The summed E-state index contributed by atoms with van der Waals surface area (Å²) in [6.45, 7) is 1.38. The number of alkyl halides is 4. The van der Waals surface area contributed by atoms with E-state index in [2.05, 4.69) is 4.98 Å². The van der Waals surface area contributed by atoms with Crippen LogP contribution < -0.4 is 4.74 Å². The Hall–Kier alpha value is -1.43. The van der Waals surface area contributed by atoms with Crippen molar-refractivity contribution >= 4 is 22.6 Å². The fraction of sp³-hybridized carbons (Fsp3) is 0.500. The number of imidazole rings is 1. The molecule has 1 aromatic heterocycles. The summed E-state index contributed by atoms with van der Waals surface area (Å²) in [5.41, 5.74) is 0.872. The first kappa shape index (κ1) is 15.9. The number of aryl methyl sites for hydroxylation is 1. The Morgan fingerprint density at radius 1 is 1.33 bits per heavy atom. The van der Waals surface area contributed by atoms with Crippen molar-refractivity contribution in [3.05, 3.63) is 24.0 Å². The Bertz CT molecular complexity index is 610. The summed E-state index contributed by atoms with van der Waals surface area (Å²) in [5, 5.41) is 0. The van der Waals surface area contributed by atoms with Gasteiger partial charge in [0.05, 0.1) is 12.1 Å². The summed E-state index contributed by atoms with van der Waals surface area (Å²) >= 11 is 5.66. The van der Waals surface area contributed by atoms with Crippen LogP contribution in [-0.2, 0) is 13.0 Å². The van der Waals surface area contributed by atoms with Crippen molar-refractivity contribution in [3.8, 4) is 5.75 Å². The molecule has 1 aromatic carbocycles. The summed E-state index contributed by atoms with van der Waals surface area (Å²) < 4.78 is 45.0. The quantitative estimate of drug-likeness (QED) is 0.747. The number of para-hydroxylation sites is 1. The second kappa shape index (κ2) is 6.56. The van der Waals surface area contributed by atoms with E-state index < -0.39 is 12.7 Å². The number of halogens is 4. The molecule has 0 aliphatic heterocycles. The maximum Gasteiger partial charge on any atom is 0.406 e. The largest absolute Gasteiger partial charge is 0.491 e. The predicted octanol–water partition coefficient (Wildman–Crippen LogP) is 4.17. The van der Waals surface area contributed by atoms with Crippen molar-refractivity contribution in [2.45, 2.75) is 32.5 Å². The predicted molar refractivity (Wildman–Crippen MR) is 76.0 cm³/mol. The van der Waals surface area contributed by atoms with Crippen molar-refractivity contribution in [2.24, 2.45) is 0 Å². The molecule has 0 spiro atoms. The first-order valence-electron chi connectivity index (χ1n) is 6.70. The zero-order valence-corrected chi connectivity index (χ0v) is 12.3. The van der Waals surface area contributed by atoms with Crippen molar-refractivity contribution in [3.63, 3.8) is 0 Å². The molecule has 0 amide bonds. The third-order valence-electron chi connectivity index (χ3n) is 2.94. The summed E-state index contributed by atoms with van der Waals surface area (Å²) in [6.07, 6.45) is -3.22. The smallest absolute Gasteiger partial charge is 0.406 e. The van der Waals surface area contributed by atoms with E-state index in [9.17, 15) is 13.2 Å². The van der Waals surface area contributed by atoms with E-state index in [-0.39, 0.29) is 12.3 Å². The number of rotatable bonds is 6. The molecule has 0 aliphatic carbocycles. The molecule has 21 heavy (non-hydrogen) atoms. The Labute approximate surface area is 125 Å². The standard InChI is InChI=1S/C14H16ClF3N2O/c1-2-8-21-11-5-3-4-10-13(11)19-12(6-7-15)20(10)9-14(16,17)18/h3-5H,2,6-9H2,1H3. The van der Waals surface area contributed by atoms with Crippen LogP contribution in [0.4, 0.5) is 13.2 Å². The van der Waals surface area contributed by atoms with Crippen LogP contribution in [0.2, 0.25) is 0 Å². The molecule has 1 heterocycles. The molecular weight excluding hydrogens is 305 g/mol. The minimum Gasteiger partial charge on any atom is -0.491 e. The number of ether oxygens (including phenoxy) is 1. The van der Waals surface area contributed by atoms with E-state index in [4.69, 9.17) is 16.3 Å². The van der Waals surface area contributed by atoms with Crippen LogP contribution in [0.15, 0.2) is 18.2 Å². The third kappa shape index (κ3) is 3.81. The first-order chi connectivity index (χ1) is 9.96. The lowest BCUT2D eigenvalue weighted by Gasteiger charge is -2.11. The highest BCUT2D eigenvalue weighted by Crippen LogP contribution is 2.29. The van der Waals surface area contributed by atoms with Crippen LogP contribution in [0.1, 0.15) is 19.2 Å². The third-order valence-corrected chi connectivity index (χ3v) is 3.13. The van der Waals surface area contributed by atoms with Gasteiger partial charge in [0.1, 0.15) is 23.6 Å². The van der Waals surface area contributed by atoms with Gasteiger partial charge in [-0.1, -0.05) is 13.0 Å². The van der Waals surface area contributed by atoms with E-state index in [0.29, 0.717) is 29.2 Å². The zero-order valence-electron chi connectivity index (χ0n) is 11.6. The van der Waals surface area contributed by atoms with Gasteiger partial charge in [-0.15, -0.1) is 11.6 Å². The molecule has 116 valence electrons. The number of aromatic nitrogens is 2. The van der Waals surface area contributed by atoms with E-state index >= 15 is 0 Å². The Morgan fingerprint density at radius 3 is 2.71 bits per heavy atom. The van der Waals surface area contributed by atoms with Crippen LogP contribution in [0.25, 0.3) is 11.0 Å². The van der Waals surface area contributed by atoms with Crippen molar-refractivity contribution in [1.82, 2.24) is 9.55 Å². The van der Waals surface area contributed by atoms with Crippen molar-refractivity contribution in [2.75, 3.05) is 12.5 Å². The van der Waals surface area contributed by atoms with Crippen LogP contribution in [0, 0.1) is 0 Å². The number of hydrogen-bond acceptors (Lipinski definition) is 2. The summed E-state index contributed by atoms with van der Waals surface area (Å²) in [6, 6.07) is 5.00. The normalized spacial score (nSPS) is 12.0. The van der Waals surface area contributed by atoms with E-state index in [1.807, 2.05) is 6.92 Å². The number of nitrogens with zero attached hydrogens (tertiary/aromatic N) is 2. The lowest BCUT2D eigenvalue weighted by atomic mass is 10.3. The monoisotopic (exact) mass is 320 g/mol. The van der Waals surface area contributed by atoms with Gasteiger partial charge in [0.2, 0.25) is 0 Å². The average Bonchev–Trinajstić information content (AvgIpc) is 2.74. The molecule has 0 N–H and O–H groups in total. The topological polar surface area (TPSA) is 27.1 Å². The van der Waals surface area contributed by atoms with Crippen LogP contribution >= 0.6 is 11.6 Å². The fourth-order valence-corrected chi connectivity index (χ4v) is 2.30. The average molecular weight is 321 g/mol. The highest BCUT2D eigenvalue weighted by atomic mass is 35.5. The Morgan fingerprint density at radius 2 is 2.10 bits per heavy atom. The highest BCUT2D eigenvalue weighted by Gasteiger charge is 2.30. The second-order valence-corrected chi connectivity index (χ2v) is 5.02. The molecule has 0 radical (unpaired) electrons. The first-order valence-corrected chi connectivity index (χ1v) is 7.23.